The highest BCUT2D eigenvalue weighted by atomic mass is 16.6. The predicted octanol–water partition coefficient (Wildman–Crippen LogP) is 0.980. The summed E-state index contributed by atoms with van der Waals surface area (Å²) in [7, 11) is 0. The Labute approximate surface area is 84.7 Å². The number of likely N-dealkylation sites (tertiary alicyclic amines) is 1. The molecule has 4 nitrogen and oxygen atoms in total. The first-order chi connectivity index (χ1) is 6.69. The molecule has 1 fully saturated rings. The van der Waals surface area contributed by atoms with Crippen LogP contribution >= 0.6 is 0 Å². The van der Waals surface area contributed by atoms with E-state index in [1.165, 1.54) is 0 Å². The van der Waals surface area contributed by atoms with Gasteiger partial charge in [0.1, 0.15) is 0 Å². The molecule has 2 N–H and O–H groups in total. The van der Waals surface area contributed by atoms with Crippen LogP contribution in [-0.2, 0) is 4.74 Å². The van der Waals surface area contributed by atoms with Gasteiger partial charge in [-0.15, -0.1) is 0 Å². The van der Waals surface area contributed by atoms with Crippen molar-refractivity contribution < 1.29 is 9.53 Å². The molecule has 14 heavy (non-hydrogen) atoms. The molecule has 1 amide bonds. The maximum Gasteiger partial charge on any atom is 0.409 e. The third kappa shape index (κ3) is 2.48. The number of piperidine rings is 1. The molecule has 1 aliphatic rings. The largest absolute Gasteiger partial charge is 0.450 e. The van der Waals surface area contributed by atoms with Crippen LogP contribution in [0.25, 0.3) is 0 Å². The van der Waals surface area contributed by atoms with Crippen LogP contribution in [0, 0.1) is 5.92 Å². The molecule has 0 aromatic rings. The maximum absolute atomic E-state index is 11.4. The molecule has 1 atom stereocenters. The van der Waals surface area contributed by atoms with Gasteiger partial charge in [0.2, 0.25) is 0 Å². The van der Waals surface area contributed by atoms with Crippen molar-refractivity contribution >= 4 is 6.09 Å². The first kappa shape index (κ1) is 11.0. The van der Waals surface area contributed by atoms with Crippen LogP contribution in [0.3, 0.4) is 0 Å². The van der Waals surface area contributed by atoms with Gasteiger partial charge in [0.05, 0.1) is 6.61 Å². The standard InChI is InChI=1S/C10H18N2O2/c1-3-14-10(13)12-5-4-8(2)9(6-11)7-12/h9H,2-7,11H2,1H3/t9-/m0/s1. The Morgan fingerprint density at radius 2 is 2.50 bits per heavy atom. The molecule has 1 heterocycles. The third-order valence-electron chi connectivity index (χ3n) is 2.53. The zero-order chi connectivity index (χ0) is 10.6. The van der Waals surface area contributed by atoms with E-state index in [0.717, 1.165) is 12.0 Å². The van der Waals surface area contributed by atoms with E-state index < -0.39 is 0 Å². The zero-order valence-electron chi connectivity index (χ0n) is 8.66. The van der Waals surface area contributed by atoms with Crippen LogP contribution in [-0.4, -0.2) is 37.2 Å². The van der Waals surface area contributed by atoms with Gasteiger partial charge in [0.25, 0.3) is 0 Å². The van der Waals surface area contributed by atoms with Crippen molar-refractivity contribution in [3.05, 3.63) is 12.2 Å². The van der Waals surface area contributed by atoms with E-state index in [0.29, 0.717) is 26.2 Å². The summed E-state index contributed by atoms with van der Waals surface area (Å²) in [6.07, 6.45) is 0.596. The lowest BCUT2D eigenvalue weighted by Gasteiger charge is -2.32. The Kier molecular flexibility index (Phi) is 3.95. The number of nitrogens with zero attached hydrogens (tertiary/aromatic N) is 1. The molecule has 0 saturated carbocycles. The molecule has 0 radical (unpaired) electrons. The van der Waals surface area contributed by atoms with E-state index in [-0.39, 0.29) is 12.0 Å². The van der Waals surface area contributed by atoms with Crippen LogP contribution in [0.4, 0.5) is 4.79 Å². The van der Waals surface area contributed by atoms with Gasteiger partial charge in [-0.25, -0.2) is 4.79 Å². The minimum Gasteiger partial charge on any atom is -0.450 e. The molecule has 1 aliphatic heterocycles. The fraction of sp³-hybridized carbons (Fsp3) is 0.700. The van der Waals surface area contributed by atoms with Gasteiger partial charge in [0.15, 0.2) is 0 Å². The molecule has 1 saturated heterocycles. The van der Waals surface area contributed by atoms with E-state index in [4.69, 9.17) is 10.5 Å². The lowest BCUT2D eigenvalue weighted by molar-refractivity contribution is 0.0976. The SMILES string of the molecule is C=C1CCN(C(=O)OCC)C[C@@H]1CN. The van der Waals surface area contributed by atoms with Crippen molar-refractivity contribution in [2.24, 2.45) is 11.7 Å². The highest BCUT2D eigenvalue weighted by molar-refractivity contribution is 5.67. The molecule has 0 spiro atoms. The van der Waals surface area contributed by atoms with Crippen molar-refractivity contribution in [1.29, 1.82) is 0 Å². The van der Waals surface area contributed by atoms with Crippen LogP contribution in [0.2, 0.25) is 0 Å². The van der Waals surface area contributed by atoms with E-state index in [1.807, 2.05) is 0 Å². The summed E-state index contributed by atoms with van der Waals surface area (Å²) in [4.78, 5) is 13.1. The molecular formula is C10H18N2O2. The number of carbonyl (C=O) groups is 1. The van der Waals surface area contributed by atoms with Crippen molar-refractivity contribution in [2.75, 3.05) is 26.2 Å². The summed E-state index contributed by atoms with van der Waals surface area (Å²) in [6, 6.07) is 0. The van der Waals surface area contributed by atoms with Gasteiger partial charge in [0, 0.05) is 25.6 Å². The highest BCUT2D eigenvalue weighted by Crippen LogP contribution is 2.20. The second kappa shape index (κ2) is 5.00. The Hall–Kier alpha value is -1.03. The summed E-state index contributed by atoms with van der Waals surface area (Å²) in [6.45, 7) is 8.07. The summed E-state index contributed by atoms with van der Waals surface area (Å²) in [5.74, 6) is 0.230. The van der Waals surface area contributed by atoms with Crippen LogP contribution in [0.5, 0.6) is 0 Å². The van der Waals surface area contributed by atoms with E-state index in [2.05, 4.69) is 6.58 Å². The first-order valence-electron chi connectivity index (χ1n) is 4.98. The Morgan fingerprint density at radius 3 is 3.07 bits per heavy atom. The van der Waals surface area contributed by atoms with Crippen molar-refractivity contribution in [3.63, 3.8) is 0 Å². The molecule has 4 heteroatoms. The molecule has 0 aliphatic carbocycles. The fourth-order valence-electron chi connectivity index (χ4n) is 1.59. The normalized spacial score (nSPS) is 22.3. The quantitative estimate of drug-likeness (QED) is 0.673. The highest BCUT2D eigenvalue weighted by Gasteiger charge is 2.25. The van der Waals surface area contributed by atoms with E-state index in [1.54, 1.807) is 11.8 Å². The van der Waals surface area contributed by atoms with Gasteiger partial charge in [-0.05, 0) is 13.3 Å². The van der Waals surface area contributed by atoms with Gasteiger partial charge < -0.3 is 15.4 Å². The van der Waals surface area contributed by atoms with Gasteiger partial charge in [-0.2, -0.15) is 0 Å². The van der Waals surface area contributed by atoms with E-state index >= 15 is 0 Å². The fourth-order valence-corrected chi connectivity index (χ4v) is 1.59. The average Bonchev–Trinajstić information content (AvgIpc) is 2.19. The third-order valence-corrected chi connectivity index (χ3v) is 2.53. The van der Waals surface area contributed by atoms with Crippen LogP contribution < -0.4 is 5.73 Å². The molecule has 0 aromatic carbocycles. The number of nitrogens with two attached hydrogens (primary N) is 1. The van der Waals surface area contributed by atoms with Gasteiger partial charge >= 0.3 is 6.09 Å². The smallest absolute Gasteiger partial charge is 0.409 e. The summed E-state index contributed by atoms with van der Waals surface area (Å²) in [5, 5.41) is 0. The van der Waals surface area contributed by atoms with Crippen molar-refractivity contribution in [1.82, 2.24) is 4.90 Å². The minimum atomic E-state index is -0.238. The van der Waals surface area contributed by atoms with Crippen molar-refractivity contribution in [2.45, 2.75) is 13.3 Å². The summed E-state index contributed by atoms with van der Waals surface area (Å²) in [5.41, 5.74) is 6.74. The topological polar surface area (TPSA) is 55.6 Å². The average molecular weight is 198 g/mol. The minimum absolute atomic E-state index is 0.230. The molecule has 80 valence electrons. The molecule has 1 rings (SSSR count). The number of hydrogen-bond acceptors (Lipinski definition) is 3. The second-order valence-electron chi connectivity index (χ2n) is 3.49. The maximum atomic E-state index is 11.4. The second-order valence-corrected chi connectivity index (χ2v) is 3.49. The lowest BCUT2D eigenvalue weighted by Crippen LogP contribution is -2.43. The number of ether oxygens (including phenoxy) is 1. The Morgan fingerprint density at radius 1 is 1.79 bits per heavy atom. The monoisotopic (exact) mass is 198 g/mol. The molecule has 0 bridgehead atoms. The molecule has 0 unspecified atom stereocenters. The van der Waals surface area contributed by atoms with Gasteiger partial charge in [-0.3, -0.25) is 0 Å². The van der Waals surface area contributed by atoms with E-state index in [9.17, 15) is 4.79 Å². The molecule has 0 aromatic heterocycles. The number of hydrogen-bond donors (Lipinski definition) is 1. The number of rotatable bonds is 2. The number of carbonyl (C=O) groups excluding carboxylic acids is 1. The summed E-state index contributed by atoms with van der Waals surface area (Å²) >= 11 is 0. The Balaban J connectivity index is 2.49. The number of amides is 1. The first-order valence-corrected chi connectivity index (χ1v) is 4.98. The molecular weight excluding hydrogens is 180 g/mol. The Bertz CT molecular complexity index is 228. The van der Waals surface area contributed by atoms with Gasteiger partial charge in [-0.1, -0.05) is 12.2 Å². The zero-order valence-corrected chi connectivity index (χ0v) is 8.66. The van der Waals surface area contributed by atoms with Crippen LogP contribution in [0.15, 0.2) is 12.2 Å². The van der Waals surface area contributed by atoms with Crippen LogP contribution in [0.1, 0.15) is 13.3 Å². The predicted molar refractivity (Wildman–Crippen MR) is 54.9 cm³/mol. The summed E-state index contributed by atoms with van der Waals surface area (Å²) < 4.78 is 4.93. The lowest BCUT2D eigenvalue weighted by atomic mass is 9.93. The van der Waals surface area contributed by atoms with Crippen molar-refractivity contribution in [3.8, 4) is 0 Å².